The van der Waals surface area contributed by atoms with Crippen molar-refractivity contribution >= 4 is 23.4 Å². The SMILES string of the molecule is CC(C)n1c(=O)c(OC(=O)NC2C[C@H]3CC[C@@H](C2)N3CC(O)CNC=O)cc2ccccc21. The number of rotatable bonds is 8. The van der Waals surface area contributed by atoms with Crippen molar-refractivity contribution in [3.8, 4) is 5.75 Å². The molecule has 2 unspecified atom stereocenters. The highest BCUT2D eigenvalue weighted by atomic mass is 16.6. The van der Waals surface area contributed by atoms with E-state index in [4.69, 9.17) is 4.74 Å². The van der Waals surface area contributed by atoms with Crippen LogP contribution in [0.25, 0.3) is 10.9 Å². The van der Waals surface area contributed by atoms with Crippen molar-refractivity contribution in [2.75, 3.05) is 13.1 Å². The predicted octanol–water partition coefficient (Wildman–Crippen LogP) is 1.77. The third-order valence-electron chi connectivity index (χ3n) is 6.70. The van der Waals surface area contributed by atoms with Gasteiger partial charge in [0.25, 0.3) is 5.56 Å². The number of aliphatic hydroxyl groups is 1. The van der Waals surface area contributed by atoms with Crippen LogP contribution in [0, 0.1) is 0 Å². The summed E-state index contributed by atoms with van der Waals surface area (Å²) in [5.41, 5.74) is 0.478. The van der Waals surface area contributed by atoms with Gasteiger partial charge in [0.2, 0.25) is 6.41 Å². The smallest absolute Gasteiger partial charge is 0.404 e. The van der Waals surface area contributed by atoms with Gasteiger partial charge in [-0.1, -0.05) is 18.2 Å². The second-order valence-corrected chi connectivity index (χ2v) is 9.30. The highest BCUT2D eigenvalue weighted by Crippen LogP contribution is 2.35. The third kappa shape index (κ3) is 5.04. The number of aliphatic hydroxyl groups excluding tert-OH is 1. The molecule has 0 saturated carbocycles. The van der Waals surface area contributed by atoms with Crippen LogP contribution in [0.3, 0.4) is 0 Å². The van der Waals surface area contributed by atoms with Crippen LogP contribution in [0.1, 0.15) is 45.6 Å². The van der Waals surface area contributed by atoms with Gasteiger partial charge in [0.05, 0.1) is 11.6 Å². The summed E-state index contributed by atoms with van der Waals surface area (Å²) in [6, 6.07) is 9.56. The lowest BCUT2D eigenvalue weighted by Crippen LogP contribution is -2.53. The molecule has 0 aliphatic carbocycles. The Balaban J connectivity index is 1.40. The van der Waals surface area contributed by atoms with Gasteiger partial charge in [0.1, 0.15) is 0 Å². The number of nitrogens with zero attached hydrogens (tertiary/aromatic N) is 2. The Morgan fingerprint density at radius 1 is 1.24 bits per heavy atom. The summed E-state index contributed by atoms with van der Waals surface area (Å²) >= 11 is 0. The number of hydrogen-bond donors (Lipinski definition) is 3. The molecule has 2 bridgehead atoms. The number of carbonyl (C=O) groups is 2. The first-order valence-corrected chi connectivity index (χ1v) is 11.6. The summed E-state index contributed by atoms with van der Waals surface area (Å²) in [7, 11) is 0. The number of amides is 2. The number of hydrogen-bond acceptors (Lipinski definition) is 6. The van der Waals surface area contributed by atoms with Gasteiger partial charge in [-0.25, -0.2) is 4.79 Å². The Bertz CT molecular complexity index is 1050. The first-order chi connectivity index (χ1) is 15.9. The molecule has 2 aliphatic heterocycles. The molecule has 2 saturated heterocycles. The fourth-order valence-electron chi connectivity index (χ4n) is 5.32. The lowest BCUT2D eigenvalue weighted by molar-refractivity contribution is -0.110. The molecule has 2 aromatic rings. The predicted molar refractivity (Wildman–Crippen MR) is 124 cm³/mol. The molecule has 9 nitrogen and oxygen atoms in total. The van der Waals surface area contributed by atoms with Crippen molar-refractivity contribution in [2.45, 2.75) is 69.8 Å². The molecule has 2 fully saturated rings. The van der Waals surface area contributed by atoms with Crippen LogP contribution in [0.2, 0.25) is 0 Å². The number of benzene rings is 1. The maximum Gasteiger partial charge on any atom is 0.413 e. The minimum atomic E-state index is -0.621. The van der Waals surface area contributed by atoms with E-state index in [1.54, 1.807) is 10.6 Å². The first kappa shape index (κ1) is 23.3. The Hall–Kier alpha value is -2.91. The summed E-state index contributed by atoms with van der Waals surface area (Å²) in [5, 5.41) is 16.4. The zero-order chi connectivity index (χ0) is 23.5. The summed E-state index contributed by atoms with van der Waals surface area (Å²) in [5.74, 6) is 0.0195. The second-order valence-electron chi connectivity index (χ2n) is 9.30. The number of carbonyl (C=O) groups excluding carboxylic acids is 2. The average molecular weight is 457 g/mol. The first-order valence-electron chi connectivity index (χ1n) is 11.6. The number of para-hydroxylation sites is 1. The van der Waals surface area contributed by atoms with Crippen LogP contribution in [0.5, 0.6) is 5.75 Å². The van der Waals surface area contributed by atoms with Crippen molar-refractivity contribution in [3.63, 3.8) is 0 Å². The Kier molecular flexibility index (Phi) is 6.99. The maximum absolute atomic E-state index is 13.0. The molecular formula is C24H32N4O5. The second kappa shape index (κ2) is 9.93. The van der Waals surface area contributed by atoms with E-state index in [0.29, 0.717) is 13.0 Å². The van der Waals surface area contributed by atoms with Gasteiger partial charge in [0.15, 0.2) is 5.75 Å². The number of ether oxygens (including phenoxy) is 1. The number of nitrogens with one attached hydrogen (secondary N) is 2. The molecule has 3 heterocycles. The average Bonchev–Trinajstić information content (AvgIpc) is 3.00. The zero-order valence-corrected chi connectivity index (χ0v) is 19.1. The van der Waals surface area contributed by atoms with Gasteiger partial charge in [-0.3, -0.25) is 14.5 Å². The Morgan fingerprint density at radius 3 is 2.61 bits per heavy atom. The van der Waals surface area contributed by atoms with E-state index in [1.807, 2.05) is 38.1 Å². The van der Waals surface area contributed by atoms with Crippen LogP contribution in [-0.2, 0) is 4.79 Å². The van der Waals surface area contributed by atoms with E-state index in [-0.39, 0.29) is 42.0 Å². The number of pyridine rings is 1. The summed E-state index contributed by atoms with van der Waals surface area (Å²) < 4.78 is 7.14. The van der Waals surface area contributed by atoms with Crippen molar-refractivity contribution in [3.05, 3.63) is 40.7 Å². The number of aromatic nitrogens is 1. The highest BCUT2D eigenvalue weighted by molar-refractivity contribution is 5.81. The highest BCUT2D eigenvalue weighted by Gasteiger charge is 2.41. The zero-order valence-electron chi connectivity index (χ0n) is 19.1. The number of piperidine rings is 1. The van der Waals surface area contributed by atoms with Crippen LogP contribution >= 0.6 is 0 Å². The van der Waals surface area contributed by atoms with Crippen LogP contribution in [-0.4, -0.2) is 64.4 Å². The van der Waals surface area contributed by atoms with Crippen LogP contribution < -0.4 is 20.9 Å². The van der Waals surface area contributed by atoms with Gasteiger partial charge in [-0.15, -0.1) is 0 Å². The van der Waals surface area contributed by atoms with E-state index >= 15 is 0 Å². The molecule has 4 atom stereocenters. The Morgan fingerprint density at radius 2 is 1.94 bits per heavy atom. The molecule has 0 radical (unpaired) electrons. The Labute approximate surface area is 192 Å². The molecule has 2 amide bonds. The lowest BCUT2D eigenvalue weighted by Gasteiger charge is -2.39. The monoisotopic (exact) mass is 456 g/mol. The molecule has 4 rings (SSSR count). The van der Waals surface area contributed by atoms with Crippen LogP contribution in [0.4, 0.5) is 4.79 Å². The molecule has 3 N–H and O–H groups in total. The van der Waals surface area contributed by atoms with E-state index in [1.165, 1.54) is 0 Å². The molecule has 178 valence electrons. The van der Waals surface area contributed by atoms with E-state index in [0.717, 1.165) is 36.6 Å². The fraction of sp³-hybridized carbons (Fsp3) is 0.542. The molecule has 1 aromatic carbocycles. The van der Waals surface area contributed by atoms with Crippen molar-refractivity contribution in [1.82, 2.24) is 20.1 Å². The van der Waals surface area contributed by atoms with E-state index < -0.39 is 12.2 Å². The normalized spacial score (nSPS) is 23.5. The topological polar surface area (TPSA) is 113 Å². The molecule has 2 aliphatic rings. The standard InChI is InChI=1S/C24H32N4O5/c1-15(2)28-21-6-4-3-5-16(21)9-22(23(28)31)33-24(32)26-17-10-18-7-8-19(11-17)27(18)13-20(30)12-25-14-29/h3-6,9,14-15,17-20,30H,7-8,10-13H2,1-2H3,(H,25,29)(H,26,32)/t17?,18-,19+,20?. The molecule has 33 heavy (non-hydrogen) atoms. The fourth-order valence-corrected chi connectivity index (χ4v) is 5.32. The van der Waals surface area contributed by atoms with E-state index in [9.17, 15) is 19.5 Å². The lowest BCUT2D eigenvalue weighted by atomic mass is 9.97. The molecular weight excluding hydrogens is 424 g/mol. The molecule has 1 aromatic heterocycles. The van der Waals surface area contributed by atoms with E-state index in [2.05, 4.69) is 15.5 Å². The minimum absolute atomic E-state index is 0.0195. The molecule has 0 spiro atoms. The van der Waals surface area contributed by atoms with Crippen molar-refractivity contribution < 1.29 is 19.4 Å². The van der Waals surface area contributed by atoms with Crippen LogP contribution in [0.15, 0.2) is 35.1 Å². The van der Waals surface area contributed by atoms with Gasteiger partial charge in [-0.2, -0.15) is 0 Å². The quantitative estimate of drug-likeness (QED) is 0.522. The van der Waals surface area contributed by atoms with Gasteiger partial charge < -0.3 is 25.0 Å². The molecule has 9 heteroatoms. The summed E-state index contributed by atoms with van der Waals surface area (Å²) in [6.45, 7) is 4.58. The summed E-state index contributed by atoms with van der Waals surface area (Å²) in [6.07, 6.45) is 2.88. The van der Waals surface area contributed by atoms with Gasteiger partial charge >= 0.3 is 6.09 Å². The largest absolute Gasteiger partial charge is 0.413 e. The third-order valence-corrected chi connectivity index (χ3v) is 6.70. The van der Waals surface area contributed by atoms with Gasteiger partial charge in [-0.05, 0) is 51.7 Å². The van der Waals surface area contributed by atoms with Crippen molar-refractivity contribution in [2.24, 2.45) is 0 Å². The minimum Gasteiger partial charge on any atom is -0.404 e. The summed E-state index contributed by atoms with van der Waals surface area (Å²) in [4.78, 5) is 38.4. The number of fused-ring (bicyclic) bond motifs is 3. The van der Waals surface area contributed by atoms with Crippen molar-refractivity contribution in [1.29, 1.82) is 0 Å². The maximum atomic E-state index is 13.0. The van der Waals surface area contributed by atoms with Gasteiger partial charge in [0, 0.05) is 42.6 Å².